The van der Waals surface area contributed by atoms with Gasteiger partial charge in [-0.2, -0.15) is 0 Å². The molecule has 2 amide bonds. The molecule has 0 unspecified atom stereocenters. The summed E-state index contributed by atoms with van der Waals surface area (Å²) in [6.45, 7) is 2.08. The fraction of sp³-hybridized carbons (Fsp3) is 0.500. The van der Waals surface area contributed by atoms with Crippen LogP contribution in [0.4, 0.5) is 0 Å². The van der Waals surface area contributed by atoms with Crippen LogP contribution in [0, 0.1) is 5.92 Å². The van der Waals surface area contributed by atoms with E-state index in [1.807, 2.05) is 41.3 Å². The van der Waals surface area contributed by atoms with Gasteiger partial charge in [0.2, 0.25) is 11.8 Å². The third-order valence-electron chi connectivity index (χ3n) is 7.48. The Morgan fingerprint density at radius 1 is 1.06 bits per heavy atom. The minimum Gasteiger partial charge on any atom is -0.342 e. The molecule has 1 N–H and O–H groups in total. The summed E-state index contributed by atoms with van der Waals surface area (Å²) in [7, 11) is 0. The van der Waals surface area contributed by atoms with Gasteiger partial charge in [0.25, 0.3) is 0 Å². The van der Waals surface area contributed by atoms with Gasteiger partial charge in [-0.25, -0.2) is 0 Å². The zero-order valence-electron chi connectivity index (χ0n) is 18.6. The Balaban J connectivity index is 1.31. The van der Waals surface area contributed by atoms with Crippen LogP contribution in [0.3, 0.4) is 0 Å². The number of amides is 2. The van der Waals surface area contributed by atoms with Gasteiger partial charge in [0.15, 0.2) is 0 Å². The second-order valence-corrected chi connectivity index (χ2v) is 9.43. The lowest BCUT2D eigenvalue weighted by molar-refractivity contribution is -0.142. The van der Waals surface area contributed by atoms with E-state index >= 15 is 0 Å². The highest BCUT2D eigenvalue weighted by Gasteiger charge is 2.51. The van der Waals surface area contributed by atoms with E-state index in [1.165, 1.54) is 6.42 Å². The van der Waals surface area contributed by atoms with Crippen molar-refractivity contribution in [2.24, 2.45) is 5.92 Å². The summed E-state index contributed by atoms with van der Waals surface area (Å²) in [5.74, 6) is 0.716. The maximum atomic E-state index is 13.5. The zero-order chi connectivity index (χ0) is 22.0. The van der Waals surface area contributed by atoms with Gasteiger partial charge in [0, 0.05) is 56.7 Å². The number of nitrogens with one attached hydrogen (secondary N) is 1. The number of carbonyl (C=O) groups is 2. The van der Waals surface area contributed by atoms with Gasteiger partial charge < -0.3 is 9.80 Å². The van der Waals surface area contributed by atoms with Crippen LogP contribution in [0.2, 0.25) is 0 Å². The standard InChI is InChI=1S/C26H32N4O2/c31-24(21-9-6-10-21)29-17-13-26(14-18-29)28-23(19-20-7-2-1-3-8-20)25(32)30(26)16-12-22-11-4-5-15-27-22/h1-5,7-8,11,15,21,23,28H,6,9-10,12-14,16-19H2/t23-/m0/s1. The Bertz CT molecular complexity index is 937. The van der Waals surface area contributed by atoms with Crippen molar-refractivity contribution in [2.45, 2.75) is 56.7 Å². The lowest BCUT2D eigenvalue weighted by Gasteiger charge is -2.46. The van der Waals surface area contributed by atoms with Crippen LogP contribution < -0.4 is 5.32 Å². The molecule has 3 heterocycles. The first-order valence-corrected chi connectivity index (χ1v) is 12.0. The first kappa shape index (κ1) is 21.1. The Morgan fingerprint density at radius 2 is 1.81 bits per heavy atom. The van der Waals surface area contributed by atoms with E-state index in [0.29, 0.717) is 32.0 Å². The van der Waals surface area contributed by atoms with Crippen molar-refractivity contribution in [2.75, 3.05) is 19.6 Å². The van der Waals surface area contributed by atoms with Crippen molar-refractivity contribution in [1.82, 2.24) is 20.1 Å². The largest absolute Gasteiger partial charge is 0.342 e. The topological polar surface area (TPSA) is 65.5 Å². The minimum atomic E-state index is -0.373. The molecule has 2 aliphatic heterocycles. The molecule has 1 aliphatic carbocycles. The van der Waals surface area contributed by atoms with Gasteiger partial charge in [-0.15, -0.1) is 0 Å². The highest BCUT2D eigenvalue weighted by Crippen LogP contribution is 2.35. The zero-order valence-corrected chi connectivity index (χ0v) is 18.6. The van der Waals surface area contributed by atoms with Gasteiger partial charge in [0.1, 0.15) is 0 Å². The SMILES string of the molecule is O=C(C1CCC1)N1CCC2(CC1)N[C@@H](Cc1ccccc1)C(=O)N2CCc1ccccn1. The summed E-state index contributed by atoms with van der Waals surface area (Å²) >= 11 is 0. The van der Waals surface area contributed by atoms with Gasteiger partial charge in [-0.05, 0) is 37.0 Å². The van der Waals surface area contributed by atoms with Gasteiger partial charge >= 0.3 is 0 Å². The maximum absolute atomic E-state index is 13.5. The van der Waals surface area contributed by atoms with Crippen LogP contribution in [-0.4, -0.2) is 57.9 Å². The van der Waals surface area contributed by atoms with Gasteiger partial charge in [-0.3, -0.25) is 19.9 Å². The molecular formula is C26H32N4O2. The van der Waals surface area contributed by atoms with Gasteiger partial charge in [-0.1, -0.05) is 42.8 Å². The predicted octanol–water partition coefficient (Wildman–Crippen LogP) is 2.79. The van der Waals surface area contributed by atoms with Crippen molar-refractivity contribution in [3.05, 3.63) is 66.0 Å². The lowest BCUT2D eigenvalue weighted by Crippen LogP contribution is -2.60. The number of nitrogens with zero attached hydrogens (tertiary/aromatic N) is 3. The van der Waals surface area contributed by atoms with Crippen molar-refractivity contribution in [3.8, 4) is 0 Å². The number of hydrogen-bond donors (Lipinski definition) is 1. The smallest absolute Gasteiger partial charge is 0.241 e. The predicted molar refractivity (Wildman–Crippen MR) is 123 cm³/mol. The quantitative estimate of drug-likeness (QED) is 0.762. The monoisotopic (exact) mass is 432 g/mol. The first-order chi connectivity index (χ1) is 15.6. The highest BCUT2D eigenvalue weighted by molar-refractivity contribution is 5.86. The Labute approximate surface area is 190 Å². The lowest BCUT2D eigenvalue weighted by atomic mass is 9.83. The summed E-state index contributed by atoms with van der Waals surface area (Å²) in [4.78, 5) is 34.8. The highest BCUT2D eigenvalue weighted by atomic mass is 16.2. The average molecular weight is 433 g/mol. The molecule has 168 valence electrons. The third kappa shape index (κ3) is 4.16. The molecule has 0 bridgehead atoms. The van der Waals surface area contributed by atoms with E-state index < -0.39 is 0 Å². The van der Waals surface area contributed by atoms with E-state index in [-0.39, 0.29) is 23.5 Å². The Hall–Kier alpha value is -2.73. The second-order valence-electron chi connectivity index (χ2n) is 9.43. The van der Waals surface area contributed by atoms with Crippen LogP contribution in [-0.2, 0) is 22.4 Å². The molecule has 0 radical (unpaired) electrons. The molecule has 1 spiro atoms. The summed E-state index contributed by atoms with van der Waals surface area (Å²) in [6.07, 6.45) is 8.03. The van der Waals surface area contributed by atoms with Crippen molar-refractivity contribution < 1.29 is 9.59 Å². The summed E-state index contributed by atoms with van der Waals surface area (Å²) in [5, 5.41) is 3.73. The number of benzene rings is 1. The molecule has 6 heteroatoms. The maximum Gasteiger partial charge on any atom is 0.241 e. The number of aromatic nitrogens is 1. The number of carbonyl (C=O) groups excluding carboxylic acids is 2. The molecule has 1 aromatic heterocycles. The normalized spacial score (nSPS) is 22.9. The number of likely N-dealkylation sites (tertiary alicyclic amines) is 1. The number of pyridine rings is 1. The van der Waals surface area contributed by atoms with Crippen molar-refractivity contribution in [1.29, 1.82) is 0 Å². The Kier molecular flexibility index (Phi) is 5.96. The average Bonchev–Trinajstić information content (AvgIpc) is 3.03. The van der Waals surface area contributed by atoms with Gasteiger partial charge in [0.05, 0.1) is 11.7 Å². The molecule has 2 saturated heterocycles. The van der Waals surface area contributed by atoms with E-state index in [9.17, 15) is 9.59 Å². The number of piperidine rings is 1. The molecule has 1 atom stereocenters. The molecule has 32 heavy (non-hydrogen) atoms. The van der Waals surface area contributed by atoms with Crippen LogP contribution in [0.15, 0.2) is 54.7 Å². The van der Waals surface area contributed by atoms with E-state index in [1.54, 1.807) is 6.20 Å². The fourth-order valence-corrected chi connectivity index (χ4v) is 5.37. The summed E-state index contributed by atoms with van der Waals surface area (Å²) in [5.41, 5.74) is 1.79. The Morgan fingerprint density at radius 3 is 2.47 bits per heavy atom. The molecule has 1 aromatic carbocycles. The number of hydrogen-bond acceptors (Lipinski definition) is 4. The molecule has 3 aliphatic rings. The third-order valence-corrected chi connectivity index (χ3v) is 7.48. The van der Waals surface area contributed by atoms with Crippen LogP contribution in [0.25, 0.3) is 0 Å². The van der Waals surface area contributed by atoms with E-state index in [4.69, 9.17) is 0 Å². The van der Waals surface area contributed by atoms with E-state index in [2.05, 4.69) is 27.3 Å². The van der Waals surface area contributed by atoms with E-state index in [0.717, 1.165) is 43.4 Å². The molecule has 1 saturated carbocycles. The van der Waals surface area contributed by atoms with Crippen molar-refractivity contribution >= 4 is 11.8 Å². The summed E-state index contributed by atoms with van der Waals surface area (Å²) in [6, 6.07) is 15.9. The van der Waals surface area contributed by atoms with Crippen LogP contribution >= 0.6 is 0 Å². The van der Waals surface area contributed by atoms with Crippen LogP contribution in [0.1, 0.15) is 43.4 Å². The van der Waals surface area contributed by atoms with Crippen molar-refractivity contribution in [3.63, 3.8) is 0 Å². The first-order valence-electron chi connectivity index (χ1n) is 12.0. The second kappa shape index (κ2) is 9.02. The summed E-state index contributed by atoms with van der Waals surface area (Å²) < 4.78 is 0. The molecule has 6 nitrogen and oxygen atoms in total. The molecular weight excluding hydrogens is 400 g/mol. The molecule has 5 rings (SSSR count). The number of rotatable bonds is 6. The van der Waals surface area contributed by atoms with Crippen LogP contribution in [0.5, 0.6) is 0 Å². The molecule has 3 fully saturated rings. The molecule has 2 aromatic rings. The fourth-order valence-electron chi connectivity index (χ4n) is 5.37. The minimum absolute atomic E-state index is 0.170.